The number of fused-ring (bicyclic) bond motifs is 2. The van der Waals surface area contributed by atoms with Crippen molar-refractivity contribution in [2.75, 3.05) is 0 Å². The van der Waals surface area contributed by atoms with Crippen molar-refractivity contribution >= 4 is 22.1 Å². The quantitative estimate of drug-likeness (QED) is 0.390. The Labute approximate surface area is 198 Å². The molecule has 35 heavy (non-hydrogen) atoms. The van der Waals surface area contributed by atoms with E-state index < -0.39 is 17.1 Å². The van der Waals surface area contributed by atoms with Gasteiger partial charge in [-0.2, -0.15) is 0 Å². The van der Waals surface area contributed by atoms with Gasteiger partial charge in [-0.05, 0) is 24.1 Å². The van der Waals surface area contributed by atoms with Gasteiger partial charge in [0.25, 0.3) is 11.1 Å². The fraction of sp³-hybridized carbons (Fsp3) is 0.240. The molecule has 0 aliphatic rings. The maximum absolute atomic E-state index is 13.5. The van der Waals surface area contributed by atoms with Crippen LogP contribution in [0, 0.1) is 5.82 Å². The first-order valence-corrected chi connectivity index (χ1v) is 11.4. The van der Waals surface area contributed by atoms with E-state index in [1.54, 1.807) is 4.57 Å². The predicted octanol–water partition coefficient (Wildman–Crippen LogP) is 2.63. The summed E-state index contributed by atoms with van der Waals surface area (Å²) in [6.45, 7) is 2.80. The van der Waals surface area contributed by atoms with E-state index in [1.165, 1.54) is 33.7 Å². The number of halogens is 1. The van der Waals surface area contributed by atoms with Crippen LogP contribution in [0.2, 0.25) is 0 Å². The third kappa shape index (κ3) is 4.18. The molecule has 1 N–H and O–H groups in total. The average Bonchev–Trinajstić information content (AvgIpc) is 3.21. The lowest BCUT2D eigenvalue weighted by Crippen LogP contribution is -2.31. The van der Waals surface area contributed by atoms with Gasteiger partial charge in [0.1, 0.15) is 11.6 Å². The van der Waals surface area contributed by atoms with Crippen LogP contribution in [0.15, 0.2) is 69.2 Å². The lowest BCUT2D eigenvalue weighted by atomic mass is 10.2. The van der Waals surface area contributed by atoms with Crippen LogP contribution in [0.5, 0.6) is 0 Å². The van der Waals surface area contributed by atoms with Gasteiger partial charge >= 0.3 is 5.69 Å². The summed E-state index contributed by atoms with van der Waals surface area (Å²) in [5.74, 6) is -0.0177. The summed E-state index contributed by atoms with van der Waals surface area (Å²) < 4.78 is 18.1. The van der Waals surface area contributed by atoms with E-state index in [4.69, 9.17) is 0 Å². The van der Waals surface area contributed by atoms with Crippen LogP contribution in [-0.4, -0.2) is 28.7 Å². The van der Waals surface area contributed by atoms with Crippen molar-refractivity contribution in [3.05, 3.63) is 103 Å². The van der Waals surface area contributed by atoms with E-state index in [2.05, 4.69) is 15.0 Å². The molecule has 2 aromatic carbocycles. The summed E-state index contributed by atoms with van der Waals surface area (Å²) in [6, 6.07) is 13.2. The molecule has 10 heteroatoms. The third-order valence-corrected chi connectivity index (χ3v) is 5.98. The zero-order valence-corrected chi connectivity index (χ0v) is 19.1. The van der Waals surface area contributed by atoms with Gasteiger partial charge in [-0.15, -0.1) is 0 Å². The minimum atomic E-state index is -0.551. The Hall–Kier alpha value is -4.34. The summed E-state index contributed by atoms with van der Waals surface area (Å²) in [5.41, 5.74) is 0.270. The molecule has 0 bridgehead atoms. The molecular formula is C25H23FN6O3. The molecule has 3 heterocycles. The van der Waals surface area contributed by atoms with Crippen LogP contribution in [-0.2, 0) is 19.6 Å². The molecule has 0 aliphatic heterocycles. The number of nitrogens with one attached hydrogen (secondary N) is 1. The number of imidazole rings is 1. The second kappa shape index (κ2) is 9.13. The molecule has 178 valence electrons. The first kappa shape index (κ1) is 22.5. The van der Waals surface area contributed by atoms with Gasteiger partial charge in [0, 0.05) is 12.6 Å². The van der Waals surface area contributed by atoms with E-state index in [0.717, 1.165) is 18.4 Å². The number of hydrogen-bond donors (Lipinski definition) is 1. The minimum absolute atomic E-state index is 0.0382. The number of H-pyrrole nitrogens is 1. The van der Waals surface area contributed by atoms with Crippen LogP contribution < -0.4 is 16.8 Å². The standard InChI is InChI=1S/C25H23FN6O3/c1-2-3-11-31-20(14-30-15-27-19-12-17(26)9-10-18(19)24(30)34)28-22-21(31)23(33)29-25(35)32(22)13-16-7-5-4-6-8-16/h4-10,12,15H,2-3,11,13-14H2,1H3,(H,29,33,35). The lowest BCUT2D eigenvalue weighted by Gasteiger charge is -2.10. The van der Waals surface area contributed by atoms with E-state index in [1.807, 2.05) is 37.3 Å². The molecule has 9 nitrogen and oxygen atoms in total. The first-order valence-electron chi connectivity index (χ1n) is 11.4. The molecule has 0 unspecified atom stereocenters. The van der Waals surface area contributed by atoms with Crippen molar-refractivity contribution in [1.29, 1.82) is 0 Å². The number of unbranched alkanes of at least 4 members (excludes halogenated alkanes) is 1. The van der Waals surface area contributed by atoms with Gasteiger partial charge in [-0.3, -0.25) is 23.7 Å². The van der Waals surface area contributed by atoms with Crippen LogP contribution in [0.25, 0.3) is 22.1 Å². The zero-order chi connectivity index (χ0) is 24.5. The molecule has 0 saturated heterocycles. The highest BCUT2D eigenvalue weighted by Gasteiger charge is 2.19. The number of aryl methyl sites for hydroxylation is 1. The van der Waals surface area contributed by atoms with Crippen LogP contribution in [0.1, 0.15) is 31.2 Å². The smallest absolute Gasteiger partial charge is 0.321 e. The molecule has 0 saturated carbocycles. The molecule has 0 amide bonds. The van der Waals surface area contributed by atoms with Gasteiger partial charge in [0.15, 0.2) is 11.2 Å². The average molecular weight is 474 g/mol. The highest BCUT2D eigenvalue weighted by Crippen LogP contribution is 2.16. The number of aromatic nitrogens is 6. The predicted molar refractivity (Wildman–Crippen MR) is 130 cm³/mol. The Bertz CT molecular complexity index is 1720. The Balaban J connectivity index is 1.67. The van der Waals surface area contributed by atoms with Crippen LogP contribution in [0.3, 0.4) is 0 Å². The van der Waals surface area contributed by atoms with Crippen molar-refractivity contribution in [2.45, 2.75) is 39.4 Å². The van der Waals surface area contributed by atoms with Crippen LogP contribution in [0.4, 0.5) is 4.39 Å². The van der Waals surface area contributed by atoms with Crippen molar-refractivity contribution in [3.8, 4) is 0 Å². The first-order chi connectivity index (χ1) is 17.0. The number of aromatic amines is 1. The van der Waals surface area contributed by atoms with Crippen LogP contribution >= 0.6 is 0 Å². The number of hydrogen-bond acceptors (Lipinski definition) is 5. The fourth-order valence-electron chi connectivity index (χ4n) is 4.20. The van der Waals surface area contributed by atoms with E-state index in [-0.39, 0.29) is 40.7 Å². The van der Waals surface area contributed by atoms with Crippen molar-refractivity contribution in [3.63, 3.8) is 0 Å². The monoisotopic (exact) mass is 474 g/mol. The number of rotatable bonds is 7. The highest BCUT2D eigenvalue weighted by molar-refractivity contribution is 5.77. The molecule has 5 rings (SSSR count). The van der Waals surface area contributed by atoms with E-state index in [9.17, 15) is 18.8 Å². The Kier molecular flexibility index (Phi) is 5.86. The Morgan fingerprint density at radius 1 is 1.00 bits per heavy atom. The second-order valence-electron chi connectivity index (χ2n) is 8.38. The normalized spacial score (nSPS) is 11.5. The molecular weight excluding hydrogens is 451 g/mol. The zero-order valence-electron chi connectivity index (χ0n) is 19.1. The topological polar surface area (TPSA) is 108 Å². The van der Waals surface area contributed by atoms with Gasteiger partial charge in [-0.1, -0.05) is 43.7 Å². The van der Waals surface area contributed by atoms with Gasteiger partial charge < -0.3 is 4.57 Å². The summed E-state index contributed by atoms with van der Waals surface area (Å²) in [5, 5.41) is 0.281. The van der Waals surface area contributed by atoms with E-state index in [0.29, 0.717) is 12.4 Å². The summed E-state index contributed by atoms with van der Waals surface area (Å²) in [4.78, 5) is 50.0. The van der Waals surface area contributed by atoms with Crippen molar-refractivity contribution in [2.24, 2.45) is 0 Å². The molecule has 0 spiro atoms. The summed E-state index contributed by atoms with van der Waals surface area (Å²) in [6.07, 6.45) is 3.00. The van der Waals surface area contributed by atoms with E-state index >= 15 is 0 Å². The molecule has 0 atom stereocenters. The molecule has 3 aromatic heterocycles. The second-order valence-corrected chi connectivity index (χ2v) is 8.38. The molecule has 5 aromatic rings. The van der Waals surface area contributed by atoms with Crippen molar-refractivity contribution < 1.29 is 4.39 Å². The Morgan fingerprint density at radius 2 is 1.80 bits per heavy atom. The maximum atomic E-state index is 13.5. The number of benzene rings is 2. The molecule has 0 aliphatic carbocycles. The van der Waals surface area contributed by atoms with Gasteiger partial charge in [0.05, 0.1) is 30.3 Å². The Morgan fingerprint density at radius 3 is 2.57 bits per heavy atom. The SMILES string of the molecule is CCCCn1c(Cn2cnc3cc(F)ccc3c2=O)nc2c1c(=O)[nH]c(=O)n2Cc1ccccc1. The largest absolute Gasteiger partial charge is 0.330 e. The highest BCUT2D eigenvalue weighted by atomic mass is 19.1. The summed E-state index contributed by atoms with van der Waals surface area (Å²) >= 11 is 0. The fourth-order valence-corrected chi connectivity index (χ4v) is 4.20. The van der Waals surface area contributed by atoms with Gasteiger partial charge in [0.2, 0.25) is 0 Å². The summed E-state index contributed by atoms with van der Waals surface area (Å²) in [7, 11) is 0. The van der Waals surface area contributed by atoms with Gasteiger partial charge in [-0.25, -0.2) is 19.2 Å². The minimum Gasteiger partial charge on any atom is -0.321 e. The molecule has 0 fully saturated rings. The lowest BCUT2D eigenvalue weighted by molar-refractivity contribution is 0.589. The number of nitrogens with zero attached hydrogens (tertiary/aromatic N) is 5. The third-order valence-electron chi connectivity index (χ3n) is 5.98. The molecule has 0 radical (unpaired) electrons. The van der Waals surface area contributed by atoms with Crippen molar-refractivity contribution in [1.82, 2.24) is 28.7 Å². The maximum Gasteiger partial charge on any atom is 0.330 e.